The zero-order valence-electron chi connectivity index (χ0n) is 9.30. The Bertz CT molecular complexity index is 418. The van der Waals surface area contributed by atoms with Crippen molar-refractivity contribution in [3.05, 3.63) is 23.0 Å². The fourth-order valence-electron chi connectivity index (χ4n) is 1.58. The van der Waals surface area contributed by atoms with Crippen LogP contribution in [0.5, 0.6) is 0 Å². The van der Waals surface area contributed by atoms with E-state index >= 15 is 0 Å². The summed E-state index contributed by atoms with van der Waals surface area (Å²) in [7, 11) is 1.76. The van der Waals surface area contributed by atoms with E-state index in [0.29, 0.717) is 5.69 Å². The van der Waals surface area contributed by atoms with Crippen LogP contribution in [0, 0.1) is 6.92 Å². The Morgan fingerprint density at radius 2 is 1.93 bits per heavy atom. The molecule has 0 spiro atoms. The maximum Gasteiger partial charge on any atom is 0.294 e. The normalized spacial score (nSPS) is 10.8. The molecule has 0 aliphatic heterocycles. The Labute approximate surface area is 94.0 Å². The molecule has 0 amide bonds. The van der Waals surface area contributed by atoms with E-state index in [2.05, 4.69) is 0 Å². The van der Waals surface area contributed by atoms with Crippen LogP contribution in [0.2, 0.25) is 0 Å². The van der Waals surface area contributed by atoms with Crippen molar-refractivity contribution in [1.82, 2.24) is 4.57 Å². The molecular weight excluding hydrogens is 214 g/mol. The highest BCUT2D eigenvalue weighted by molar-refractivity contribution is 6.83. The lowest BCUT2D eigenvalue weighted by atomic mass is 10.0. The Balaban J connectivity index is 3.38. The van der Waals surface area contributed by atoms with Crippen LogP contribution in [0.3, 0.4) is 0 Å². The summed E-state index contributed by atoms with van der Waals surface area (Å²) < 4.78 is 1.71. The molecule has 0 aliphatic carbocycles. The van der Waals surface area contributed by atoms with Crippen molar-refractivity contribution in [3.63, 3.8) is 0 Å². The van der Waals surface area contributed by atoms with E-state index in [0.717, 1.165) is 11.3 Å². The van der Waals surface area contributed by atoms with Crippen molar-refractivity contribution in [2.75, 3.05) is 0 Å². The molecule has 82 valence electrons. The highest BCUT2D eigenvalue weighted by Crippen LogP contribution is 2.23. The summed E-state index contributed by atoms with van der Waals surface area (Å²) in [5.41, 5.74) is 2.22. The van der Waals surface area contributed by atoms with E-state index < -0.39 is 11.0 Å². The lowest BCUT2D eigenvalue weighted by molar-refractivity contribution is -0.108. The predicted octanol–water partition coefficient (Wildman–Crippen LogP) is 2.41. The summed E-state index contributed by atoms with van der Waals surface area (Å²) in [6.45, 7) is 5.84. The molecule has 0 radical (unpaired) electrons. The molecule has 1 rings (SSSR count). The van der Waals surface area contributed by atoms with Crippen molar-refractivity contribution in [2.24, 2.45) is 7.05 Å². The van der Waals surface area contributed by atoms with Crippen LogP contribution in [-0.2, 0) is 11.8 Å². The largest absolute Gasteiger partial charge is 0.345 e. The smallest absolute Gasteiger partial charge is 0.294 e. The molecule has 0 unspecified atom stereocenters. The highest BCUT2D eigenvalue weighted by Gasteiger charge is 2.23. The molecule has 0 aromatic carbocycles. The Morgan fingerprint density at radius 3 is 2.33 bits per heavy atom. The molecule has 1 heterocycles. The zero-order valence-corrected chi connectivity index (χ0v) is 10.1. The molecule has 0 saturated heterocycles. The van der Waals surface area contributed by atoms with Gasteiger partial charge in [0.25, 0.3) is 11.0 Å². The average molecular weight is 228 g/mol. The summed E-state index contributed by atoms with van der Waals surface area (Å²) >= 11 is 5.22. The first-order valence-electron chi connectivity index (χ1n) is 4.76. The minimum Gasteiger partial charge on any atom is -0.345 e. The number of halogens is 1. The number of Topliss-reactive ketones (excluding diaryl/α,β-unsaturated/α-hetero) is 1. The van der Waals surface area contributed by atoms with Gasteiger partial charge in [-0.1, -0.05) is 13.8 Å². The summed E-state index contributed by atoms with van der Waals surface area (Å²) in [5, 5.41) is -0.932. The van der Waals surface area contributed by atoms with Crippen LogP contribution in [0.25, 0.3) is 0 Å². The van der Waals surface area contributed by atoms with E-state index in [1.807, 2.05) is 26.8 Å². The van der Waals surface area contributed by atoms with Gasteiger partial charge in [0.05, 0.1) is 5.69 Å². The minimum atomic E-state index is -0.932. The predicted molar refractivity (Wildman–Crippen MR) is 59.4 cm³/mol. The molecule has 0 fully saturated rings. The maximum absolute atomic E-state index is 11.6. The van der Waals surface area contributed by atoms with E-state index in [1.165, 1.54) is 0 Å². The molecule has 0 N–H and O–H groups in total. The third-order valence-corrected chi connectivity index (χ3v) is 2.69. The van der Waals surface area contributed by atoms with Crippen LogP contribution in [0.1, 0.15) is 41.5 Å². The van der Waals surface area contributed by atoms with E-state index in [1.54, 1.807) is 11.6 Å². The third kappa shape index (κ3) is 2.12. The molecule has 0 aliphatic rings. The fourth-order valence-corrected chi connectivity index (χ4v) is 1.67. The number of aryl methyl sites for hydroxylation is 1. The Hall–Kier alpha value is -1.09. The SMILES string of the molecule is Cc1cc(C(C)C)c(C(=O)C(=O)Cl)n1C. The van der Waals surface area contributed by atoms with Crippen molar-refractivity contribution in [1.29, 1.82) is 0 Å². The maximum atomic E-state index is 11.6. The van der Waals surface area contributed by atoms with Gasteiger partial charge in [0, 0.05) is 12.7 Å². The number of hydrogen-bond acceptors (Lipinski definition) is 2. The van der Waals surface area contributed by atoms with Gasteiger partial charge in [0.15, 0.2) is 0 Å². The molecule has 0 atom stereocenters. The van der Waals surface area contributed by atoms with Gasteiger partial charge in [0.2, 0.25) is 0 Å². The van der Waals surface area contributed by atoms with Gasteiger partial charge in [-0.2, -0.15) is 0 Å². The number of carbonyl (C=O) groups excluding carboxylic acids is 2. The van der Waals surface area contributed by atoms with Crippen LogP contribution < -0.4 is 0 Å². The molecule has 3 nitrogen and oxygen atoms in total. The standard InChI is InChI=1S/C11H14ClNO2/c1-6(2)8-5-7(3)13(4)9(8)10(14)11(12)15/h5-6H,1-4H3. The summed E-state index contributed by atoms with van der Waals surface area (Å²) in [6.07, 6.45) is 0. The lowest BCUT2D eigenvalue weighted by Crippen LogP contribution is -2.15. The fraction of sp³-hybridized carbons (Fsp3) is 0.455. The second kappa shape index (κ2) is 4.19. The quantitative estimate of drug-likeness (QED) is 0.452. The summed E-state index contributed by atoms with van der Waals surface area (Å²) in [6, 6.07) is 1.91. The molecule has 15 heavy (non-hydrogen) atoms. The molecule has 1 aromatic rings. The average Bonchev–Trinajstić information content (AvgIpc) is 2.42. The van der Waals surface area contributed by atoms with E-state index in [-0.39, 0.29) is 5.92 Å². The second-order valence-electron chi connectivity index (χ2n) is 3.91. The van der Waals surface area contributed by atoms with E-state index in [4.69, 9.17) is 11.6 Å². The number of hydrogen-bond donors (Lipinski definition) is 0. The second-order valence-corrected chi connectivity index (χ2v) is 4.25. The first kappa shape index (κ1) is 12.0. The van der Waals surface area contributed by atoms with Crippen LogP contribution in [0.15, 0.2) is 6.07 Å². The minimum absolute atomic E-state index is 0.194. The summed E-state index contributed by atoms with van der Waals surface area (Å²) in [4.78, 5) is 22.5. The number of ketones is 1. The van der Waals surface area contributed by atoms with Gasteiger partial charge >= 0.3 is 0 Å². The first-order chi connectivity index (χ1) is 6.86. The zero-order chi connectivity index (χ0) is 11.7. The van der Waals surface area contributed by atoms with Gasteiger partial charge in [-0.3, -0.25) is 9.59 Å². The number of aromatic nitrogens is 1. The monoisotopic (exact) mass is 227 g/mol. The summed E-state index contributed by atoms with van der Waals surface area (Å²) in [5.74, 6) is -0.434. The van der Waals surface area contributed by atoms with Crippen molar-refractivity contribution in [2.45, 2.75) is 26.7 Å². The molecule has 0 saturated carbocycles. The van der Waals surface area contributed by atoms with Crippen molar-refractivity contribution < 1.29 is 9.59 Å². The van der Waals surface area contributed by atoms with Gasteiger partial charge in [0.1, 0.15) is 0 Å². The van der Waals surface area contributed by atoms with Gasteiger partial charge in [-0.25, -0.2) is 0 Å². The molecular formula is C11H14ClNO2. The van der Waals surface area contributed by atoms with Gasteiger partial charge in [-0.05, 0) is 36.1 Å². The van der Waals surface area contributed by atoms with Crippen LogP contribution in [-0.4, -0.2) is 15.6 Å². The first-order valence-corrected chi connectivity index (χ1v) is 5.14. The number of nitrogens with zero attached hydrogens (tertiary/aromatic N) is 1. The molecule has 1 aromatic heterocycles. The topological polar surface area (TPSA) is 39.1 Å². The third-order valence-electron chi connectivity index (χ3n) is 2.52. The van der Waals surface area contributed by atoms with Crippen molar-refractivity contribution >= 4 is 22.6 Å². The van der Waals surface area contributed by atoms with Crippen LogP contribution in [0.4, 0.5) is 0 Å². The van der Waals surface area contributed by atoms with Gasteiger partial charge in [-0.15, -0.1) is 0 Å². The molecule has 4 heteroatoms. The highest BCUT2D eigenvalue weighted by atomic mass is 35.5. The van der Waals surface area contributed by atoms with Crippen LogP contribution >= 0.6 is 11.6 Å². The molecule has 0 bridgehead atoms. The van der Waals surface area contributed by atoms with Gasteiger partial charge < -0.3 is 4.57 Å². The Kier molecular flexibility index (Phi) is 3.35. The van der Waals surface area contributed by atoms with E-state index in [9.17, 15) is 9.59 Å². The lowest BCUT2D eigenvalue weighted by Gasteiger charge is -2.07. The number of rotatable bonds is 3. The van der Waals surface area contributed by atoms with Crippen molar-refractivity contribution in [3.8, 4) is 0 Å². The Morgan fingerprint density at radius 1 is 1.40 bits per heavy atom. The number of carbonyl (C=O) groups is 2.